The molecule has 4 aromatic heterocycles. The molecule has 2 amide bonds. The summed E-state index contributed by atoms with van der Waals surface area (Å²) in [4.78, 5) is 24.0. The Hall–Kier alpha value is -3.44. The van der Waals surface area contributed by atoms with E-state index in [4.69, 9.17) is 23.2 Å². The normalized spacial score (nSPS) is 10.9. The molecule has 4 rings (SSSR count). The minimum atomic E-state index is -0.500. The molecule has 0 aliphatic carbocycles. The number of anilines is 3. The first-order valence-electron chi connectivity index (χ1n) is 8.24. The van der Waals surface area contributed by atoms with Gasteiger partial charge < -0.3 is 15.5 Å². The van der Waals surface area contributed by atoms with Crippen molar-refractivity contribution < 1.29 is 4.79 Å². The Morgan fingerprint density at radius 1 is 1.10 bits per heavy atom. The molecule has 0 spiro atoms. The summed E-state index contributed by atoms with van der Waals surface area (Å²) in [5.74, 6) is 0.350. The number of urea groups is 1. The molecule has 0 aliphatic heterocycles. The zero-order chi connectivity index (χ0) is 20.5. The molecular formula is C16H14Cl2N10O. The molecule has 148 valence electrons. The van der Waals surface area contributed by atoms with Gasteiger partial charge in [0, 0.05) is 14.1 Å². The van der Waals surface area contributed by atoms with Gasteiger partial charge >= 0.3 is 6.03 Å². The molecule has 0 saturated heterocycles. The van der Waals surface area contributed by atoms with Gasteiger partial charge in [-0.3, -0.25) is 0 Å². The van der Waals surface area contributed by atoms with E-state index in [1.807, 2.05) is 14.1 Å². The van der Waals surface area contributed by atoms with Crippen LogP contribution in [0.25, 0.3) is 11.5 Å². The molecule has 0 aliphatic rings. The van der Waals surface area contributed by atoms with Crippen molar-refractivity contribution >= 4 is 51.9 Å². The third kappa shape index (κ3) is 3.77. The summed E-state index contributed by atoms with van der Waals surface area (Å²) < 4.78 is 1.53. The molecule has 0 fully saturated rings. The standard InChI is InChI=1S/C16H14Cl2N10O/c1-26(2)13-11(7-22-27-8-12(18)25-15(13)27)24-16(29)23-9-5-10(17)14(19-6-9)28-20-3-4-21-28/h3-8H,1-2H3,(H2,23,24,29). The molecule has 4 aromatic rings. The van der Waals surface area contributed by atoms with Crippen LogP contribution in [0.15, 0.2) is 37.1 Å². The van der Waals surface area contributed by atoms with Crippen molar-refractivity contribution in [3.05, 3.63) is 47.2 Å². The van der Waals surface area contributed by atoms with Gasteiger partial charge in [0.2, 0.25) is 0 Å². The third-order valence-electron chi connectivity index (χ3n) is 3.82. The minimum Gasteiger partial charge on any atom is -0.373 e. The molecule has 0 unspecified atom stereocenters. The van der Waals surface area contributed by atoms with Crippen molar-refractivity contribution in [2.24, 2.45) is 0 Å². The van der Waals surface area contributed by atoms with Crippen molar-refractivity contribution in [3.8, 4) is 5.82 Å². The lowest BCUT2D eigenvalue weighted by atomic mass is 10.3. The predicted molar refractivity (Wildman–Crippen MR) is 109 cm³/mol. The Balaban J connectivity index is 1.56. The Kier molecular flexibility index (Phi) is 4.91. The fourth-order valence-corrected chi connectivity index (χ4v) is 3.10. The van der Waals surface area contributed by atoms with Gasteiger partial charge in [-0.05, 0) is 6.07 Å². The van der Waals surface area contributed by atoms with E-state index in [0.717, 1.165) is 0 Å². The quantitative estimate of drug-likeness (QED) is 0.508. The van der Waals surface area contributed by atoms with Crippen LogP contribution in [0.5, 0.6) is 0 Å². The Morgan fingerprint density at radius 3 is 2.55 bits per heavy atom. The second-order valence-corrected chi connectivity index (χ2v) is 6.85. The van der Waals surface area contributed by atoms with Crippen LogP contribution in [0.1, 0.15) is 0 Å². The van der Waals surface area contributed by atoms with Gasteiger partial charge in [0.15, 0.2) is 11.5 Å². The van der Waals surface area contributed by atoms with E-state index in [0.29, 0.717) is 33.7 Å². The first-order valence-corrected chi connectivity index (χ1v) is 8.99. The van der Waals surface area contributed by atoms with Crippen molar-refractivity contribution in [1.29, 1.82) is 0 Å². The molecule has 0 aromatic carbocycles. The maximum absolute atomic E-state index is 12.5. The summed E-state index contributed by atoms with van der Waals surface area (Å²) in [5.41, 5.74) is 2.02. The number of fused-ring (bicyclic) bond motifs is 1. The van der Waals surface area contributed by atoms with E-state index in [-0.39, 0.29) is 5.02 Å². The van der Waals surface area contributed by atoms with Crippen molar-refractivity contribution in [1.82, 2.24) is 34.6 Å². The highest BCUT2D eigenvalue weighted by Gasteiger charge is 2.16. The molecule has 0 bridgehead atoms. The Morgan fingerprint density at radius 2 is 1.86 bits per heavy atom. The summed E-state index contributed by atoms with van der Waals surface area (Å²) in [7, 11) is 3.65. The highest BCUT2D eigenvalue weighted by molar-refractivity contribution is 6.32. The summed E-state index contributed by atoms with van der Waals surface area (Å²) in [6.07, 6.45) is 7.57. The zero-order valence-corrected chi connectivity index (χ0v) is 16.7. The van der Waals surface area contributed by atoms with E-state index in [1.165, 1.54) is 34.1 Å². The first kappa shape index (κ1) is 18.9. The first-order chi connectivity index (χ1) is 13.9. The van der Waals surface area contributed by atoms with E-state index in [2.05, 4.69) is 35.9 Å². The van der Waals surface area contributed by atoms with Crippen LogP contribution in [0, 0.1) is 0 Å². The molecule has 0 radical (unpaired) electrons. The molecule has 4 heterocycles. The number of hydrogen-bond donors (Lipinski definition) is 2. The number of aromatic nitrogens is 7. The van der Waals surface area contributed by atoms with Crippen LogP contribution >= 0.6 is 23.2 Å². The molecule has 13 heteroatoms. The van der Waals surface area contributed by atoms with E-state index in [9.17, 15) is 4.79 Å². The van der Waals surface area contributed by atoms with Gasteiger partial charge in [0.1, 0.15) is 10.8 Å². The van der Waals surface area contributed by atoms with Crippen LogP contribution in [0.4, 0.5) is 21.9 Å². The van der Waals surface area contributed by atoms with Gasteiger partial charge in [0.25, 0.3) is 0 Å². The smallest absolute Gasteiger partial charge is 0.323 e. The third-order valence-corrected chi connectivity index (χ3v) is 4.28. The number of halogens is 2. The number of imidazole rings is 1. The van der Waals surface area contributed by atoms with E-state index >= 15 is 0 Å². The summed E-state index contributed by atoms with van der Waals surface area (Å²) in [6.45, 7) is 0. The summed E-state index contributed by atoms with van der Waals surface area (Å²) in [6, 6.07) is 1.05. The Bertz CT molecular complexity index is 1190. The molecule has 0 saturated carbocycles. The number of rotatable bonds is 4. The molecule has 2 N–H and O–H groups in total. The van der Waals surface area contributed by atoms with Crippen molar-refractivity contribution in [2.75, 3.05) is 29.6 Å². The van der Waals surface area contributed by atoms with Crippen LogP contribution in [0.3, 0.4) is 0 Å². The number of amides is 2. The van der Waals surface area contributed by atoms with E-state index < -0.39 is 6.03 Å². The summed E-state index contributed by atoms with van der Waals surface area (Å²) in [5, 5.41) is 18.2. The van der Waals surface area contributed by atoms with Crippen LogP contribution in [-0.4, -0.2) is 54.7 Å². The molecule has 0 atom stereocenters. The monoisotopic (exact) mass is 432 g/mol. The highest BCUT2D eigenvalue weighted by Crippen LogP contribution is 2.29. The number of pyridine rings is 1. The van der Waals surface area contributed by atoms with Crippen LogP contribution < -0.4 is 15.5 Å². The second kappa shape index (κ2) is 7.53. The number of carbonyl (C=O) groups excluding carboxylic acids is 1. The topological polar surface area (TPSA) is 118 Å². The fourth-order valence-electron chi connectivity index (χ4n) is 2.68. The van der Waals surface area contributed by atoms with Gasteiger partial charge in [-0.15, -0.1) is 4.80 Å². The zero-order valence-electron chi connectivity index (χ0n) is 15.2. The maximum atomic E-state index is 12.5. The lowest BCUT2D eigenvalue weighted by Gasteiger charge is -2.18. The molecule has 11 nitrogen and oxygen atoms in total. The average Bonchev–Trinajstić information content (AvgIpc) is 3.30. The van der Waals surface area contributed by atoms with Gasteiger partial charge in [0.05, 0.1) is 47.4 Å². The average molecular weight is 433 g/mol. The molecule has 29 heavy (non-hydrogen) atoms. The lowest BCUT2D eigenvalue weighted by molar-refractivity contribution is 0.262. The number of nitrogens with zero attached hydrogens (tertiary/aromatic N) is 8. The Labute approximate surface area is 174 Å². The van der Waals surface area contributed by atoms with Crippen molar-refractivity contribution in [2.45, 2.75) is 0 Å². The van der Waals surface area contributed by atoms with Gasteiger partial charge in [-0.1, -0.05) is 23.2 Å². The van der Waals surface area contributed by atoms with Crippen LogP contribution in [0.2, 0.25) is 10.2 Å². The lowest BCUT2D eigenvalue weighted by Crippen LogP contribution is -2.22. The number of carbonyl (C=O) groups is 1. The van der Waals surface area contributed by atoms with Crippen LogP contribution in [-0.2, 0) is 0 Å². The predicted octanol–water partition coefficient (Wildman–Crippen LogP) is 2.72. The van der Waals surface area contributed by atoms with E-state index in [1.54, 1.807) is 17.2 Å². The van der Waals surface area contributed by atoms with Gasteiger partial charge in [-0.25, -0.2) is 19.3 Å². The number of nitrogens with one attached hydrogen (secondary N) is 2. The number of hydrogen-bond acceptors (Lipinski definition) is 7. The largest absolute Gasteiger partial charge is 0.373 e. The van der Waals surface area contributed by atoms with Gasteiger partial charge in [-0.2, -0.15) is 15.3 Å². The highest BCUT2D eigenvalue weighted by atomic mass is 35.5. The summed E-state index contributed by atoms with van der Waals surface area (Å²) >= 11 is 12.2. The van der Waals surface area contributed by atoms with Crippen molar-refractivity contribution in [3.63, 3.8) is 0 Å². The molecular weight excluding hydrogens is 419 g/mol. The SMILES string of the molecule is CN(C)c1c(NC(=O)Nc2cnc(-n3nccn3)c(Cl)c2)cnn2cc(Cl)nc12. The fraction of sp³-hybridized carbons (Fsp3) is 0.125. The maximum Gasteiger partial charge on any atom is 0.323 e. The second-order valence-electron chi connectivity index (χ2n) is 6.06. The minimum absolute atomic E-state index is 0.281.